The predicted molar refractivity (Wildman–Crippen MR) is 46.9 cm³/mol. The molecular formula is C6H10N2O6S. The SMILES string of the molecule is O=NS[C@H]1CO[C@H]2[C@@H]1OC[C@H]2ON(O)O. The molecule has 0 aromatic carbocycles. The first kappa shape index (κ1) is 11.2. The average Bonchev–Trinajstić information content (AvgIpc) is 2.71. The Hall–Kier alpha value is -0.290. The van der Waals surface area contributed by atoms with Gasteiger partial charge in [-0.2, -0.15) is 0 Å². The first-order valence-electron chi connectivity index (χ1n) is 4.28. The first-order chi connectivity index (χ1) is 7.22. The van der Waals surface area contributed by atoms with Crippen LogP contribution in [0.25, 0.3) is 0 Å². The Morgan fingerprint density at radius 2 is 2.07 bits per heavy atom. The lowest BCUT2D eigenvalue weighted by atomic mass is 10.1. The third-order valence-corrected chi connectivity index (χ3v) is 3.13. The highest BCUT2D eigenvalue weighted by molar-refractivity contribution is 7.98. The highest BCUT2D eigenvalue weighted by Crippen LogP contribution is 2.35. The van der Waals surface area contributed by atoms with E-state index in [-0.39, 0.29) is 23.4 Å². The fourth-order valence-corrected chi connectivity index (χ4v) is 2.39. The smallest absolute Gasteiger partial charge is 0.136 e. The molecule has 2 fully saturated rings. The van der Waals surface area contributed by atoms with Gasteiger partial charge in [0.2, 0.25) is 0 Å². The summed E-state index contributed by atoms with van der Waals surface area (Å²) in [6, 6.07) is 0. The van der Waals surface area contributed by atoms with Crippen LogP contribution in [-0.2, 0) is 14.3 Å². The van der Waals surface area contributed by atoms with Crippen LogP contribution in [0, 0.1) is 4.91 Å². The van der Waals surface area contributed by atoms with Gasteiger partial charge in [0.25, 0.3) is 0 Å². The van der Waals surface area contributed by atoms with Crippen LogP contribution in [0.3, 0.4) is 0 Å². The van der Waals surface area contributed by atoms with Gasteiger partial charge in [-0.25, -0.2) is 4.84 Å². The van der Waals surface area contributed by atoms with Gasteiger partial charge in [0.05, 0.1) is 23.9 Å². The molecule has 0 saturated carbocycles. The number of nitroso groups, excluding NO2 is 1. The minimum absolute atomic E-state index is 0.160. The van der Waals surface area contributed by atoms with Gasteiger partial charge < -0.3 is 9.47 Å². The van der Waals surface area contributed by atoms with Crippen LogP contribution in [0.5, 0.6) is 0 Å². The molecule has 0 aromatic heterocycles. The van der Waals surface area contributed by atoms with E-state index in [1.807, 2.05) is 0 Å². The maximum absolute atomic E-state index is 10.1. The quantitative estimate of drug-likeness (QED) is 0.399. The lowest BCUT2D eigenvalue weighted by molar-refractivity contribution is -0.507. The van der Waals surface area contributed by atoms with Gasteiger partial charge in [0.15, 0.2) is 0 Å². The molecule has 2 rings (SSSR count). The van der Waals surface area contributed by atoms with E-state index in [1.54, 1.807) is 0 Å². The maximum Gasteiger partial charge on any atom is 0.136 e. The van der Waals surface area contributed by atoms with Crippen molar-refractivity contribution in [2.24, 2.45) is 4.58 Å². The van der Waals surface area contributed by atoms with Gasteiger partial charge in [-0.05, 0) is 0 Å². The molecule has 2 saturated heterocycles. The number of ether oxygens (including phenoxy) is 2. The van der Waals surface area contributed by atoms with Crippen LogP contribution < -0.4 is 0 Å². The fraction of sp³-hybridized carbons (Fsp3) is 1.00. The molecular weight excluding hydrogens is 228 g/mol. The van der Waals surface area contributed by atoms with Gasteiger partial charge in [-0.15, -0.1) is 4.91 Å². The molecule has 0 unspecified atom stereocenters. The molecule has 0 aromatic rings. The fourth-order valence-electron chi connectivity index (χ4n) is 1.79. The summed E-state index contributed by atoms with van der Waals surface area (Å²) in [4.78, 5) is 14.7. The standard InChI is InChI=1S/C6H10N2O6S/c9-7-15-4-2-13-5-3(14-8(10)11)1-12-6(4)5/h3-6,10-11H,1-2H2/t3-,4+,5-,6-/m1/s1. The Morgan fingerprint density at radius 1 is 1.33 bits per heavy atom. The monoisotopic (exact) mass is 238 g/mol. The zero-order chi connectivity index (χ0) is 10.8. The van der Waals surface area contributed by atoms with Gasteiger partial charge in [0.1, 0.15) is 18.3 Å². The molecule has 0 spiro atoms. The summed E-state index contributed by atoms with van der Waals surface area (Å²) in [5, 5.41) is 16.4. The number of fused-ring (bicyclic) bond motifs is 1. The number of rotatable bonds is 4. The summed E-state index contributed by atoms with van der Waals surface area (Å²) in [5.41, 5.74) is 0. The van der Waals surface area contributed by atoms with Crippen molar-refractivity contribution in [2.75, 3.05) is 13.2 Å². The predicted octanol–water partition coefficient (Wildman–Crippen LogP) is -0.0522. The molecule has 9 heteroatoms. The molecule has 2 aliphatic rings. The molecule has 2 heterocycles. The lowest BCUT2D eigenvalue weighted by Crippen LogP contribution is -2.35. The Morgan fingerprint density at radius 3 is 2.73 bits per heavy atom. The molecule has 0 aliphatic carbocycles. The Kier molecular flexibility index (Phi) is 3.51. The molecule has 0 amide bonds. The second kappa shape index (κ2) is 4.70. The first-order valence-corrected chi connectivity index (χ1v) is 5.12. The van der Waals surface area contributed by atoms with Gasteiger partial charge >= 0.3 is 0 Å². The van der Waals surface area contributed by atoms with Crippen LogP contribution in [-0.4, -0.2) is 52.6 Å². The van der Waals surface area contributed by atoms with Crippen molar-refractivity contribution >= 4 is 11.9 Å². The molecule has 0 radical (unpaired) electrons. The summed E-state index contributed by atoms with van der Waals surface area (Å²) in [6.07, 6.45) is -1.27. The van der Waals surface area contributed by atoms with E-state index in [0.717, 1.165) is 11.9 Å². The zero-order valence-electron chi connectivity index (χ0n) is 7.55. The molecule has 86 valence electrons. The summed E-state index contributed by atoms with van der Waals surface area (Å²) in [5.74, 6) is 0. The summed E-state index contributed by atoms with van der Waals surface area (Å²) in [6.45, 7) is 0.519. The van der Waals surface area contributed by atoms with Crippen molar-refractivity contribution in [2.45, 2.75) is 23.6 Å². The Balaban J connectivity index is 1.93. The number of hydrogen-bond donors (Lipinski definition) is 2. The van der Waals surface area contributed by atoms with E-state index < -0.39 is 12.2 Å². The normalized spacial score (nSPS) is 39.7. The molecule has 0 bridgehead atoms. The number of nitrogens with zero attached hydrogens (tertiary/aromatic N) is 2. The van der Waals surface area contributed by atoms with E-state index in [0.29, 0.717) is 6.61 Å². The van der Waals surface area contributed by atoms with Gasteiger partial charge in [-0.3, -0.25) is 10.4 Å². The third-order valence-electron chi connectivity index (χ3n) is 2.37. The largest absolute Gasteiger partial charge is 0.371 e. The van der Waals surface area contributed by atoms with E-state index in [9.17, 15) is 4.91 Å². The van der Waals surface area contributed by atoms with Crippen molar-refractivity contribution in [3.05, 3.63) is 4.91 Å². The van der Waals surface area contributed by atoms with E-state index in [1.165, 1.54) is 0 Å². The van der Waals surface area contributed by atoms with Crippen molar-refractivity contribution in [1.29, 1.82) is 0 Å². The van der Waals surface area contributed by atoms with Crippen molar-refractivity contribution in [3.63, 3.8) is 0 Å². The van der Waals surface area contributed by atoms with Crippen molar-refractivity contribution in [1.82, 2.24) is 5.39 Å². The van der Waals surface area contributed by atoms with E-state index in [4.69, 9.17) is 19.9 Å². The van der Waals surface area contributed by atoms with Crippen LogP contribution in [0.4, 0.5) is 0 Å². The topological polar surface area (TPSA) is 101 Å². The van der Waals surface area contributed by atoms with E-state index >= 15 is 0 Å². The molecule has 8 nitrogen and oxygen atoms in total. The van der Waals surface area contributed by atoms with Crippen LogP contribution in [0.1, 0.15) is 0 Å². The zero-order valence-corrected chi connectivity index (χ0v) is 8.37. The molecule has 15 heavy (non-hydrogen) atoms. The van der Waals surface area contributed by atoms with Crippen molar-refractivity contribution in [3.8, 4) is 0 Å². The highest BCUT2D eigenvalue weighted by atomic mass is 32.2. The highest BCUT2D eigenvalue weighted by Gasteiger charge is 2.49. The second-order valence-electron chi connectivity index (χ2n) is 3.21. The third kappa shape index (κ3) is 2.28. The summed E-state index contributed by atoms with van der Waals surface area (Å²) < 4.78 is 13.4. The van der Waals surface area contributed by atoms with Crippen LogP contribution >= 0.6 is 11.9 Å². The molecule has 4 atom stereocenters. The Labute approximate surface area is 89.1 Å². The van der Waals surface area contributed by atoms with Crippen molar-refractivity contribution < 1.29 is 24.7 Å². The summed E-state index contributed by atoms with van der Waals surface area (Å²) in [7, 11) is 0. The number of hydrogen-bond acceptors (Lipinski definition) is 9. The second-order valence-corrected chi connectivity index (χ2v) is 4.18. The summed E-state index contributed by atoms with van der Waals surface area (Å²) >= 11 is 0.862. The van der Waals surface area contributed by atoms with E-state index in [2.05, 4.69) is 9.42 Å². The van der Waals surface area contributed by atoms with Crippen LogP contribution in [0.15, 0.2) is 4.58 Å². The lowest BCUT2D eigenvalue weighted by Gasteiger charge is -2.16. The molecule has 2 aliphatic heterocycles. The minimum Gasteiger partial charge on any atom is -0.371 e. The Bertz CT molecular complexity index is 242. The maximum atomic E-state index is 10.1. The van der Waals surface area contributed by atoms with Gasteiger partial charge in [0, 0.05) is 16.5 Å². The van der Waals surface area contributed by atoms with Crippen LogP contribution in [0.2, 0.25) is 0 Å². The average molecular weight is 238 g/mol. The van der Waals surface area contributed by atoms with Gasteiger partial charge in [-0.1, -0.05) is 0 Å². The molecule has 2 N–H and O–H groups in total. The minimum atomic E-state index is -0.581.